The highest BCUT2D eigenvalue weighted by atomic mass is 16.5. The Kier molecular flexibility index (Phi) is 5.28. The molecule has 3 heterocycles. The van der Waals surface area contributed by atoms with Crippen LogP contribution < -0.4 is 5.32 Å². The molecule has 1 atom stereocenters. The molecule has 2 fully saturated rings. The van der Waals surface area contributed by atoms with Gasteiger partial charge in [0.15, 0.2) is 0 Å². The molecule has 1 N–H and O–H groups in total. The zero-order chi connectivity index (χ0) is 20.3. The fraction of sp³-hybridized carbons (Fsp3) is 0.364. The van der Waals surface area contributed by atoms with E-state index in [9.17, 15) is 9.59 Å². The van der Waals surface area contributed by atoms with Crippen molar-refractivity contribution in [2.75, 3.05) is 26.2 Å². The van der Waals surface area contributed by atoms with Crippen LogP contribution in [0.1, 0.15) is 39.1 Å². The first-order valence-corrected chi connectivity index (χ1v) is 9.70. The van der Waals surface area contributed by atoms with Crippen molar-refractivity contribution in [2.24, 2.45) is 5.92 Å². The number of aromatic nitrogens is 1. The lowest BCUT2D eigenvalue weighted by Crippen LogP contribution is -2.66. The van der Waals surface area contributed by atoms with Gasteiger partial charge in [-0.15, -0.1) is 0 Å². The summed E-state index contributed by atoms with van der Waals surface area (Å²) in [5, 5.41) is 11.9. The van der Waals surface area contributed by atoms with Crippen LogP contribution in [0.3, 0.4) is 0 Å². The number of carbonyl (C=O) groups excluding carboxylic acids is 2. The van der Waals surface area contributed by atoms with E-state index in [2.05, 4.69) is 16.4 Å². The maximum absolute atomic E-state index is 12.6. The molecule has 2 aliphatic rings. The summed E-state index contributed by atoms with van der Waals surface area (Å²) in [7, 11) is 0. The molecule has 0 saturated carbocycles. The Morgan fingerprint density at radius 3 is 2.72 bits per heavy atom. The van der Waals surface area contributed by atoms with Gasteiger partial charge in [-0.25, -0.2) is 0 Å². The van der Waals surface area contributed by atoms with Crippen LogP contribution in [0.4, 0.5) is 0 Å². The van der Waals surface area contributed by atoms with Crippen molar-refractivity contribution in [2.45, 2.75) is 18.4 Å². The Bertz CT molecular complexity index is 938. The van der Waals surface area contributed by atoms with Gasteiger partial charge in [0.1, 0.15) is 5.60 Å². The average molecular weight is 390 g/mol. The van der Waals surface area contributed by atoms with E-state index in [0.717, 1.165) is 12.8 Å². The van der Waals surface area contributed by atoms with E-state index < -0.39 is 0 Å². The van der Waals surface area contributed by atoms with Gasteiger partial charge < -0.3 is 15.0 Å². The molecule has 2 aliphatic heterocycles. The summed E-state index contributed by atoms with van der Waals surface area (Å²) in [4.78, 5) is 30.4. The zero-order valence-electron chi connectivity index (χ0n) is 16.0. The molecule has 29 heavy (non-hydrogen) atoms. The minimum Gasteiger partial charge on any atom is -0.371 e. The molecule has 0 bridgehead atoms. The van der Waals surface area contributed by atoms with Crippen molar-refractivity contribution in [3.63, 3.8) is 0 Å². The average Bonchev–Trinajstić information content (AvgIpc) is 2.76. The number of nitrogens with one attached hydrogen (secondary N) is 1. The number of nitriles is 1. The van der Waals surface area contributed by atoms with Gasteiger partial charge in [-0.1, -0.05) is 6.07 Å². The number of rotatable bonds is 4. The monoisotopic (exact) mass is 390 g/mol. The Morgan fingerprint density at radius 2 is 2.03 bits per heavy atom. The third kappa shape index (κ3) is 4.13. The predicted molar refractivity (Wildman–Crippen MR) is 105 cm³/mol. The number of hydrogen-bond acceptors (Lipinski definition) is 5. The predicted octanol–water partition coefficient (Wildman–Crippen LogP) is 2.00. The standard InChI is InChI=1S/C22H22N4O3/c23-11-16-2-1-3-19(10-16)21(28)26-14-22(15-26)7-4-17(13-29-22)12-25-20(27)18-5-8-24-9-6-18/h1-3,5-6,8-10,17H,4,7,12-15H2,(H,25,27)/t17-/m1/s1. The van der Waals surface area contributed by atoms with Crippen LogP contribution >= 0.6 is 0 Å². The molecule has 7 heteroatoms. The Labute approximate surface area is 169 Å². The zero-order valence-corrected chi connectivity index (χ0v) is 16.0. The molecule has 0 radical (unpaired) electrons. The molecular weight excluding hydrogens is 368 g/mol. The fourth-order valence-electron chi connectivity index (χ4n) is 3.87. The van der Waals surface area contributed by atoms with Crippen LogP contribution in [0, 0.1) is 17.2 Å². The Morgan fingerprint density at radius 1 is 1.24 bits per heavy atom. The summed E-state index contributed by atoms with van der Waals surface area (Å²) >= 11 is 0. The molecule has 2 saturated heterocycles. The van der Waals surface area contributed by atoms with Crippen molar-refractivity contribution in [1.82, 2.24) is 15.2 Å². The van der Waals surface area contributed by atoms with Gasteiger partial charge in [-0.05, 0) is 49.1 Å². The molecule has 0 aliphatic carbocycles. The van der Waals surface area contributed by atoms with E-state index >= 15 is 0 Å². The Balaban J connectivity index is 1.24. The summed E-state index contributed by atoms with van der Waals surface area (Å²) in [6, 6.07) is 12.2. The highest BCUT2D eigenvalue weighted by molar-refractivity contribution is 5.95. The fourth-order valence-corrected chi connectivity index (χ4v) is 3.87. The normalized spacial score (nSPS) is 19.8. The number of likely N-dealkylation sites (tertiary alicyclic amines) is 1. The highest BCUT2D eigenvalue weighted by Gasteiger charge is 2.48. The van der Waals surface area contributed by atoms with Crippen molar-refractivity contribution >= 4 is 11.8 Å². The first-order chi connectivity index (χ1) is 14.1. The summed E-state index contributed by atoms with van der Waals surface area (Å²) in [5.74, 6) is 0.0965. The van der Waals surface area contributed by atoms with E-state index in [-0.39, 0.29) is 23.3 Å². The molecule has 1 aromatic carbocycles. The molecule has 1 aromatic heterocycles. The molecule has 2 aromatic rings. The first-order valence-electron chi connectivity index (χ1n) is 9.70. The van der Waals surface area contributed by atoms with Crippen molar-refractivity contribution in [3.05, 3.63) is 65.5 Å². The van der Waals surface area contributed by atoms with Gasteiger partial charge in [0.25, 0.3) is 11.8 Å². The van der Waals surface area contributed by atoms with Gasteiger partial charge in [-0.3, -0.25) is 14.6 Å². The van der Waals surface area contributed by atoms with E-state index in [0.29, 0.717) is 42.9 Å². The second-order valence-electron chi connectivity index (χ2n) is 7.70. The lowest BCUT2D eigenvalue weighted by Gasteiger charge is -2.52. The van der Waals surface area contributed by atoms with Crippen LogP contribution in [0.15, 0.2) is 48.8 Å². The van der Waals surface area contributed by atoms with Crippen molar-refractivity contribution < 1.29 is 14.3 Å². The molecule has 0 unspecified atom stereocenters. The second-order valence-corrected chi connectivity index (χ2v) is 7.70. The maximum atomic E-state index is 12.6. The number of benzene rings is 1. The van der Waals surface area contributed by atoms with Gasteiger partial charge in [0, 0.05) is 30.1 Å². The summed E-state index contributed by atoms with van der Waals surface area (Å²) < 4.78 is 6.11. The summed E-state index contributed by atoms with van der Waals surface area (Å²) in [5.41, 5.74) is 1.35. The SMILES string of the molecule is N#Cc1cccc(C(=O)N2CC3(CC[C@H](CNC(=O)c4ccncc4)CO3)C2)c1. The van der Waals surface area contributed by atoms with E-state index in [1.807, 2.05) is 0 Å². The maximum Gasteiger partial charge on any atom is 0.254 e. The van der Waals surface area contributed by atoms with Crippen LogP contribution in [0.2, 0.25) is 0 Å². The third-order valence-corrected chi connectivity index (χ3v) is 5.61. The summed E-state index contributed by atoms with van der Waals surface area (Å²) in [6.45, 7) is 2.28. The Hall–Kier alpha value is -3.24. The van der Waals surface area contributed by atoms with Gasteiger partial charge in [0.2, 0.25) is 0 Å². The van der Waals surface area contributed by atoms with Crippen LogP contribution in [-0.2, 0) is 4.74 Å². The number of carbonyl (C=O) groups is 2. The van der Waals surface area contributed by atoms with Gasteiger partial charge in [-0.2, -0.15) is 5.26 Å². The lowest BCUT2D eigenvalue weighted by atomic mass is 9.82. The highest BCUT2D eigenvalue weighted by Crippen LogP contribution is 2.36. The molecule has 7 nitrogen and oxygen atoms in total. The number of nitrogens with zero attached hydrogens (tertiary/aromatic N) is 3. The topological polar surface area (TPSA) is 95.3 Å². The molecule has 1 spiro atoms. The number of pyridine rings is 1. The van der Waals surface area contributed by atoms with Crippen molar-refractivity contribution in [3.8, 4) is 6.07 Å². The molecule has 148 valence electrons. The van der Waals surface area contributed by atoms with Crippen molar-refractivity contribution in [1.29, 1.82) is 5.26 Å². The van der Waals surface area contributed by atoms with Crippen LogP contribution in [0.5, 0.6) is 0 Å². The smallest absolute Gasteiger partial charge is 0.254 e. The van der Waals surface area contributed by atoms with E-state index in [1.165, 1.54) is 0 Å². The molecule has 2 amide bonds. The second kappa shape index (κ2) is 8.02. The van der Waals surface area contributed by atoms with Crippen LogP contribution in [0.25, 0.3) is 0 Å². The lowest BCUT2D eigenvalue weighted by molar-refractivity contribution is -0.166. The first kappa shape index (κ1) is 19.1. The number of ether oxygens (including phenoxy) is 1. The molecular formula is C22H22N4O3. The molecule has 4 rings (SSSR count). The van der Waals surface area contributed by atoms with Crippen LogP contribution in [-0.4, -0.2) is 53.5 Å². The van der Waals surface area contributed by atoms with Gasteiger partial charge >= 0.3 is 0 Å². The summed E-state index contributed by atoms with van der Waals surface area (Å²) in [6.07, 6.45) is 5.01. The van der Waals surface area contributed by atoms with E-state index in [1.54, 1.807) is 53.7 Å². The number of amides is 2. The minimum atomic E-state index is -0.270. The third-order valence-electron chi connectivity index (χ3n) is 5.61. The largest absolute Gasteiger partial charge is 0.371 e. The quantitative estimate of drug-likeness (QED) is 0.862. The van der Waals surface area contributed by atoms with E-state index in [4.69, 9.17) is 10.00 Å². The number of hydrogen-bond donors (Lipinski definition) is 1. The minimum absolute atomic E-state index is 0.0666. The van der Waals surface area contributed by atoms with Gasteiger partial charge in [0.05, 0.1) is 31.3 Å².